The van der Waals surface area contributed by atoms with Crippen LogP contribution in [0.5, 0.6) is 5.75 Å². The van der Waals surface area contributed by atoms with Crippen LogP contribution in [0.1, 0.15) is 24.1 Å². The van der Waals surface area contributed by atoms with Crippen LogP contribution in [0.4, 0.5) is 11.8 Å². The van der Waals surface area contributed by atoms with Crippen LogP contribution in [-0.4, -0.2) is 23.1 Å². The molecule has 1 aliphatic rings. The van der Waals surface area contributed by atoms with Gasteiger partial charge < -0.3 is 15.4 Å². The van der Waals surface area contributed by atoms with Gasteiger partial charge in [-0.15, -0.1) is 0 Å². The van der Waals surface area contributed by atoms with Crippen molar-refractivity contribution in [3.8, 4) is 5.75 Å². The van der Waals surface area contributed by atoms with Gasteiger partial charge >= 0.3 is 0 Å². The summed E-state index contributed by atoms with van der Waals surface area (Å²) in [5.41, 5.74) is 2.06. The van der Waals surface area contributed by atoms with E-state index >= 15 is 0 Å². The van der Waals surface area contributed by atoms with E-state index in [9.17, 15) is 0 Å². The number of para-hydroxylation sites is 1. The minimum atomic E-state index is 0.550. The Balaban J connectivity index is 1.70. The molecular weight excluding hydrogens is 264 g/mol. The molecule has 0 bridgehead atoms. The van der Waals surface area contributed by atoms with Crippen molar-refractivity contribution in [2.75, 3.05) is 17.7 Å². The van der Waals surface area contributed by atoms with Gasteiger partial charge in [0.2, 0.25) is 5.95 Å². The van der Waals surface area contributed by atoms with E-state index in [1.54, 1.807) is 7.11 Å². The van der Waals surface area contributed by atoms with Gasteiger partial charge in [-0.05, 0) is 25.8 Å². The molecule has 0 spiro atoms. The van der Waals surface area contributed by atoms with Crippen LogP contribution in [0.15, 0.2) is 30.3 Å². The molecule has 1 heterocycles. The molecule has 21 heavy (non-hydrogen) atoms. The molecule has 1 aliphatic carbocycles. The third-order valence-electron chi connectivity index (χ3n) is 3.42. The molecule has 5 heteroatoms. The number of nitrogens with one attached hydrogen (secondary N) is 2. The predicted molar refractivity (Wildman–Crippen MR) is 83.7 cm³/mol. The average molecular weight is 284 g/mol. The van der Waals surface area contributed by atoms with Crippen molar-refractivity contribution >= 4 is 11.8 Å². The number of aromatic nitrogens is 2. The summed E-state index contributed by atoms with van der Waals surface area (Å²) >= 11 is 0. The molecule has 1 aromatic carbocycles. The minimum absolute atomic E-state index is 0.550. The molecular formula is C16H20N4O. The summed E-state index contributed by atoms with van der Waals surface area (Å²) in [6, 6.07) is 10.5. The second-order valence-electron chi connectivity index (χ2n) is 5.30. The molecule has 0 unspecified atom stereocenters. The first-order valence-electron chi connectivity index (χ1n) is 7.22. The molecule has 1 fully saturated rings. The molecule has 2 N–H and O–H groups in total. The number of ether oxygens (including phenoxy) is 1. The fourth-order valence-electron chi connectivity index (χ4n) is 2.17. The maximum atomic E-state index is 5.36. The number of aryl methyl sites for hydroxylation is 1. The molecule has 2 aromatic rings. The Labute approximate surface area is 124 Å². The number of hydrogen-bond acceptors (Lipinski definition) is 5. The zero-order valence-electron chi connectivity index (χ0n) is 12.4. The second-order valence-corrected chi connectivity index (χ2v) is 5.30. The number of methoxy groups -OCH3 is 1. The van der Waals surface area contributed by atoms with E-state index in [0.29, 0.717) is 18.5 Å². The Morgan fingerprint density at radius 3 is 2.81 bits per heavy atom. The highest BCUT2D eigenvalue weighted by Gasteiger charge is 2.22. The molecule has 5 nitrogen and oxygen atoms in total. The van der Waals surface area contributed by atoms with Gasteiger partial charge in [0.1, 0.15) is 11.6 Å². The fraction of sp³-hybridized carbons (Fsp3) is 0.375. The molecule has 110 valence electrons. The number of nitrogens with zero attached hydrogens (tertiary/aromatic N) is 2. The van der Waals surface area contributed by atoms with E-state index in [-0.39, 0.29) is 0 Å². The first-order valence-corrected chi connectivity index (χ1v) is 7.22. The van der Waals surface area contributed by atoms with Crippen molar-refractivity contribution in [3.05, 3.63) is 41.6 Å². The smallest absolute Gasteiger partial charge is 0.225 e. The fourth-order valence-corrected chi connectivity index (χ4v) is 2.17. The lowest BCUT2D eigenvalue weighted by molar-refractivity contribution is 0.410. The van der Waals surface area contributed by atoms with Crippen molar-refractivity contribution in [3.63, 3.8) is 0 Å². The van der Waals surface area contributed by atoms with Gasteiger partial charge in [-0.2, -0.15) is 4.98 Å². The van der Waals surface area contributed by atoms with Crippen molar-refractivity contribution in [1.82, 2.24) is 9.97 Å². The summed E-state index contributed by atoms with van der Waals surface area (Å²) in [6.45, 7) is 2.65. The van der Waals surface area contributed by atoms with Crippen LogP contribution in [-0.2, 0) is 6.54 Å². The zero-order valence-corrected chi connectivity index (χ0v) is 12.4. The molecule has 0 aliphatic heterocycles. The average Bonchev–Trinajstić information content (AvgIpc) is 3.29. The molecule has 0 amide bonds. The Morgan fingerprint density at radius 2 is 2.05 bits per heavy atom. The lowest BCUT2D eigenvalue weighted by Crippen LogP contribution is -2.09. The van der Waals surface area contributed by atoms with Gasteiger partial charge in [0.15, 0.2) is 0 Å². The Morgan fingerprint density at radius 1 is 1.24 bits per heavy atom. The third kappa shape index (κ3) is 3.62. The van der Waals surface area contributed by atoms with Gasteiger partial charge in [-0.1, -0.05) is 18.2 Å². The van der Waals surface area contributed by atoms with Crippen molar-refractivity contribution in [2.24, 2.45) is 0 Å². The highest BCUT2D eigenvalue weighted by molar-refractivity contribution is 5.45. The lowest BCUT2D eigenvalue weighted by Gasteiger charge is -2.11. The minimum Gasteiger partial charge on any atom is -0.496 e. The van der Waals surface area contributed by atoms with Gasteiger partial charge in [-0.25, -0.2) is 4.98 Å². The molecule has 0 saturated heterocycles. The topological polar surface area (TPSA) is 59.1 Å². The molecule has 1 aromatic heterocycles. The van der Waals surface area contributed by atoms with Crippen molar-refractivity contribution < 1.29 is 4.74 Å². The second kappa shape index (κ2) is 5.99. The number of hydrogen-bond donors (Lipinski definition) is 2. The Kier molecular flexibility index (Phi) is 3.90. The summed E-state index contributed by atoms with van der Waals surface area (Å²) in [7, 11) is 1.69. The number of benzene rings is 1. The van der Waals surface area contributed by atoms with E-state index in [4.69, 9.17) is 4.74 Å². The van der Waals surface area contributed by atoms with Crippen LogP contribution in [0.3, 0.4) is 0 Å². The third-order valence-corrected chi connectivity index (χ3v) is 3.42. The highest BCUT2D eigenvalue weighted by Crippen LogP contribution is 2.24. The Bertz CT molecular complexity index is 625. The first-order chi connectivity index (χ1) is 10.2. The quantitative estimate of drug-likeness (QED) is 0.854. The summed E-state index contributed by atoms with van der Waals surface area (Å²) < 4.78 is 5.36. The summed E-state index contributed by atoms with van der Waals surface area (Å²) in [5.74, 6) is 2.42. The van der Waals surface area contributed by atoms with E-state index in [2.05, 4.69) is 20.6 Å². The maximum absolute atomic E-state index is 5.36. The number of rotatable bonds is 6. The normalized spacial score (nSPS) is 13.8. The molecule has 3 rings (SSSR count). The molecule has 0 atom stereocenters. The zero-order chi connectivity index (χ0) is 14.7. The maximum Gasteiger partial charge on any atom is 0.225 e. The van der Waals surface area contributed by atoms with Crippen LogP contribution in [0, 0.1) is 6.92 Å². The van der Waals surface area contributed by atoms with Crippen LogP contribution < -0.4 is 15.4 Å². The van der Waals surface area contributed by atoms with E-state index in [1.165, 1.54) is 12.8 Å². The van der Waals surface area contributed by atoms with Gasteiger partial charge in [0.05, 0.1) is 7.11 Å². The Hall–Kier alpha value is -2.30. The summed E-state index contributed by atoms with van der Waals surface area (Å²) in [4.78, 5) is 8.93. The first kappa shape index (κ1) is 13.7. The number of anilines is 2. The van der Waals surface area contributed by atoms with Crippen molar-refractivity contribution in [2.45, 2.75) is 32.4 Å². The van der Waals surface area contributed by atoms with E-state index in [0.717, 1.165) is 22.8 Å². The van der Waals surface area contributed by atoms with Gasteiger partial charge in [-0.3, -0.25) is 0 Å². The SMILES string of the molecule is COc1ccccc1CNc1cc(C)nc(NC2CC2)n1. The standard InChI is InChI=1S/C16H20N4O/c1-11-9-15(20-16(18-11)19-13-7-8-13)17-10-12-5-3-4-6-14(12)21-2/h3-6,9,13H,7-8,10H2,1-2H3,(H2,17,18,19,20). The van der Waals surface area contributed by atoms with Crippen molar-refractivity contribution in [1.29, 1.82) is 0 Å². The van der Waals surface area contributed by atoms with Crippen LogP contribution in [0.2, 0.25) is 0 Å². The summed E-state index contributed by atoms with van der Waals surface area (Å²) in [5, 5.41) is 6.67. The predicted octanol–water partition coefficient (Wildman–Crippen LogP) is 2.98. The van der Waals surface area contributed by atoms with Crippen LogP contribution >= 0.6 is 0 Å². The summed E-state index contributed by atoms with van der Waals surface area (Å²) in [6.07, 6.45) is 2.42. The lowest BCUT2D eigenvalue weighted by atomic mass is 10.2. The largest absolute Gasteiger partial charge is 0.496 e. The van der Waals surface area contributed by atoms with E-state index < -0.39 is 0 Å². The molecule has 1 saturated carbocycles. The van der Waals surface area contributed by atoms with E-state index in [1.807, 2.05) is 37.3 Å². The van der Waals surface area contributed by atoms with Gasteiger partial charge in [0, 0.05) is 29.9 Å². The molecule has 0 radical (unpaired) electrons. The highest BCUT2D eigenvalue weighted by atomic mass is 16.5. The van der Waals surface area contributed by atoms with Crippen LogP contribution in [0.25, 0.3) is 0 Å². The monoisotopic (exact) mass is 284 g/mol. The van der Waals surface area contributed by atoms with Gasteiger partial charge in [0.25, 0.3) is 0 Å².